The van der Waals surface area contributed by atoms with E-state index in [4.69, 9.17) is 4.42 Å². The zero-order valence-corrected chi connectivity index (χ0v) is 11.3. The molecule has 0 fully saturated rings. The smallest absolute Gasteiger partial charge is 0.185 e. The van der Waals surface area contributed by atoms with Crippen LogP contribution in [0.2, 0.25) is 0 Å². The fourth-order valence-corrected chi connectivity index (χ4v) is 2.00. The summed E-state index contributed by atoms with van der Waals surface area (Å²) < 4.78 is 5.42. The zero-order chi connectivity index (χ0) is 12.8. The minimum atomic E-state index is 0.411. The average molecular weight is 237 g/mol. The highest BCUT2D eigenvalue weighted by Gasteiger charge is 2.12. The summed E-state index contributed by atoms with van der Waals surface area (Å²) >= 11 is 0. The molecule has 1 aromatic rings. The number of rotatable bonds is 7. The topological polar surface area (TPSA) is 33.5 Å². The molecule has 0 atom stereocenters. The molecule has 1 aromatic heterocycles. The van der Waals surface area contributed by atoms with E-state index in [9.17, 15) is 4.79 Å². The van der Waals surface area contributed by atoms with Crippen LogP contribution in [-0.4, -0.2) is 24.3 Å². The Balaban J connectivity index is 2.60. The predicted octanol–water partition coefficient (Wildman–Crippen LogP) is 3.21. The van der Waals surface area contributed by atoms with E-state index in [0.717, 1.165) is 31.7 Å². The molecule has 0 bridgehead atoms. The maximum absolute atomic E-state index is 10.6. The molecule has 0 aliphatic heterocycles. The van der Waals surface area contributed by atoms with E-state index in [1.807, 2.05) is 6.07 Å². The SMILES string of the molecule is CC(C)CN(Cc1ccc(C=O)o1)CC(C)C. The third-order valence-corrected chi connectivity index (χ3v) is 2.42. The Hall–Kier alpha value is -1.09. The number of furan rings is 1. The van der Waals surface area contributed by atoms with E-state index in [0.29, 0.717) is 17.6 Å². The first-order valence-electron chi connectivity index (χ1n) is 6.27. The molecule has 96 valence electrons. The minimum absolute atomic E-state index is 0.411. The van der Waals surface area contributed by atoms with Crippen LogP contribution in [-0.2, 0) is 6.54 Å². The summed E-state index contributed by atoms with van der Waals surface area (Å²) in [7, 11) is 0. The summed E-state index contributed by atoms with van der Waals surface area (Å²) in [5.74, 6) is 2.55. The highest BCUT2D eigenvalue weighted by molar-refractivity contribution is 5.70. The normalized spacial score (nSPS) is 11.7. The Morgan fingerprint density at radius 2 is 1.76 bits per heavy atom. The fraction of sp³-hybridized carbons (Fsp3) is 0.643. The average Bonchev–Trinajstić information content (AvgIpc) is 2.63. The van der Waals surface area contributed by atoms with Crippen molar-refractivity contribution in [2.24, 2.45) is 11.8 Å². The highest BCUT2D eigenvalue weighted by atomic mass is 16.3. The van der Waals surface area contributed by atoms with Crippen LogP contribution in [0.4, 0.5) is 0 Å². The molecular formula is C14H23NO2. The first-order chi connectivity index (χ1) is 8.01. The van der Waals surface area contributed by atoms with Crippen LogP contribution in [0, 0.1) is 11.8 Å². The van der Waals surface area contributed by atoms with Gasteiger partial charge in [0.2, 0.25) is 0 Å². The summed E-state index contributed by atoms with van der Waals surface area (Å²) in [6, 6.07) is 3.61. The molecule has 0 aliphatic carbocycles. The number of carbonyl (C=O) groups is 1. The number of hydrogen-bond donors (Lipinski definition) is 0. The second-order valence-electron chi connectivity index (χ2n) is 5.40. The molecule has 0 N–H and O–H groups in total. The number of hydrogen-bond acceptors (Lipinski definition) is 3. The van der Waals surface area contributed by atoms with Crippen LogP contribution in [0.15, 0.2) is 16.5 Å². The van der Waals surface area contributed by atoms with E-state index in [-0.39, 0.29) is 0 Å². The molecule has 0 aromatic carbocycles. The van der Waals surface area contributed by atoms with E-state index in [2.05, 4.69) is 32.6 Å². The van der Waals surface area contributed by atoms with Gasteiger partial charge in [0.1, 0.15) is 5.76 Å². The molecule has 0 aliphatic rings. The molecular weight excluding hydrogens is 214 g/mol. The molecule has 17 heavy (non-hydrogen) atoms. The van der Waals surface area contributed by atoms with Gasteiger partial charge in [0.25, 0.3) is 0 Å². The molecule has 1 heterocycles. The predicted molar refractivity (Wildman–Crippen MR) is 69.0 cm³/mol. The van der Waals surface area contributed by atoms with E-state index in [1.54, 1.807) is 6.07 Å². The van der Waals surface area contributed by atoms with E-state index >= 15 is 0 Å². The van der Waals surface area contributed by atoms with Crippen molar-refractivity contribution in [1.29, 1.82) is 0 Å². The summed E-state index contributed by atoms with van der Waals surface area (Å²) in [5, 5.41) is 0. The largest absolute Gasteiger partial charge is 0.457 e. The van der Waals surface area contributed by atoms with Gasteiger partial charge in [-0.3, -0.25) is 9.69 Å². The molecule has 0 radical (unpaired) electrons. The van der Waals surface area contributed by atoms with Crippen molar-refractivity contribution >= 4 is 6.29 Å². The van der Waals surface area contributed by atoms with Crippen LogP contribution >= 0.6 is 0 Å². The lowest BCUT2D eigenvalue weighted by Crippen LogP contribution is -2.30. The van der Waals surface area contributed by atoms with Gasteiger partial charge in [-0.05, 0) is 24.0 Å². The summed E-state index contributed by atoms with van der Waals surface area (Å²) in [6.45, 7) is 11.7. The van der Waals surface area contributed by atoms with Gasteiger partial charge in [-0.25, -0.2) is 0 Å². The van der Waals surface area contributed by atoms with Crippen LogP contribution < -0.4 is 0 Å². The van der Waals surface area contributed by atoms with E-state index in [1.165, 1.54) is 0 Å². The van der Waals surface area contributed by atoms with Crippen molar-refractivity contribution in [3.8, 4) is 0 Å². The highest BCUT2D eigenvalue weighted by Crippen LogP contribution is 2.12. The monoisotopic (exact) mass is 237 g/mol. The van der Waals surface area contributed by atoms with Crippen LogP contribution in [0.5, 0.6) is 0 Å². The van der Waals surface area contributed by atoms with Gasteiger partial charge in [0, 0.05) is 13.1 Å². The van der Waals surface area contributed by atoms with Crippen LogP contribution in [0.3, 0.4) is 0 Å². The Morgan fingerprint density at radius 1 is 1.18 bits per heavy atom. The van der Waals surface area contributed by atoms with Gasteiger partial charge < -0.3 is 4.42 Å². The molecule has 3 heteroatoms. The summed E-state index contributed by atoms with van der Waals surface area (Å²) in [4.78, 5) is 12.9. The van der Waals surface area contributed by atoms with Crippen LogP contribution in [0.25, 0.3) is 0 Å². The Morgan fingerprint density at radius 3 is 2.18 bits per heavy atom. The van der Waals surface area contributed by atoms with Crippen molar-refractivity contribution in [3.05, 3.63) is 23.7 Å². The Labute approximate surface area is 104 Å². The minimum Gasteiger partial charge on any atom is -0.457 e. The lowest BCUT2D eigenvalue weighted by molar-refractivity contribution is 0.109. The maximum Gasteiger partial charge on any atom is 0.185 e. The van der Waals surface area contributed by atoms with Gasteiger partial charge in [-0.2, -0.15) is 0 Å². The van der Waals surface area contributed by atoms with E-state index < -0.39 is 0 Å². The first kappa shape index (κ1) is 14.0. The summed E-state index contributed by atoms with van der Waals surface area (Å²) in [6.07, 6.45) is 0.749. The Bertz CT molecular complexity index is 332. The van der Waals surface area contributed by atoms with Crippen LogP contribution in [0.1, 0.15) is 44.0 Å². The second kappa shape index (κ2) is 6.60. The Kier molecular flexibility index (Phi) is 5.42. The maximum atomic E-state index is 10.6. The van der Waals surface area contributed by atoms with Gasteiger partial charge in [-0.15, -0.1) is 0 Å². The third-order valence-electron chi connectivity index (χ3n) is 2.42. The van der Waals surface area contributed by atoms with Gasteiger partial charge in [0.15, 0.2) is 12.0 Å². The van der Waals surface area contributed by atoms with Crippen molar-refractivity contribution in [3.63, 3.8) is 0 Å². The second-order valence-corrected chi connectivity index (χ2v) is 5.40. The summed E-state index contributed by atoms with van der Waals surface area (Å²) in [5.41, 5.74) is 0. The number of carbonyl (C=O) groups excluding carboxylic acids is 1. The molecule has 1 rings (SSSR count). The number of nitrogens with zero attached hydrogens (tertiary/aromatic N) is 1. The molecule has 0 spiro atoms. The molecule has 0 saturated heterocycles. The lowest BCUT2D eigenvalue weighted by Gasteiger charge is -2.25. The molecule has 0 unspecified atom stereocenters. The number of aldehydes is 1. The standard InChI is InChI=1S/C14H23NO2/c1-11(2)7-15(8-12(3)4)9-13-5-6-14(10-16)17-13/h5-6,10-12H,7-9H2,1-4H3. The van der Waals surface area contributed by atoms with Crippen molar-refractivity contribution in [2.75, 3.05) is 13.1 Å². The quantitative estimate of drug-likeness (QED) is 0.683. The molecule has 0 amide bonds. The van der Waals surface area contributed by atoms with Crippen molar-refractivity contribution < 1.29 is 9.21 Å². The van der Waals surface area contributed by atoms with Crippen molar-refractivity contribution in [2.45, 2.75) is 34.2 Å². The molecule has 3 nitrogen and oxygen atoms in total. The first-order valence-corrected chi connectivity index (χ1v) is 6.27. The van der Waals surface area contributed by atoms with Gasteiger partial charge >= 0.3 is 0 Å². The molecule has 0 saturated carbocycles. The van der Waals surface area contributed by atoms with Crippen molar-refractivity contribution in [1.82, 2.24) is 4.90 Å². The third kappa shape index (κ3) is 5.18. The van der Waals surface area contributed by atoms with Gasteiger partial charge in [-0.1, -0.05) is 27.7 Å². The fourth-order valence-electron chi connectivity index (χ4n) is 2.00. The van der Waals surface area contributed by atoms with Gasteiger partial charge in [0.05, 0.1) is 6.54 Å². The zero-order valence-electron chi connectivity index (χ0n) is 11.3. The lowest BCUT2D eigenvalue weighted by atomic mass is 10.1.